The molecule has 2 N–H and O–H groups in total. The van der Waals surface area contributed by atoms with Gasteiger partial charge in [0.1, 0.15) is 5.75 Å². The van der Waals surface area contributed by atoms with E-state index in [-0.39, 0.29) is 18.4 Å². The van der Waals surface area contributed by atoms with E-state index in [0.717, 1.165) is 30.0 Å². The average molecular weight is 369 g/mol. The molecule has 2 rings (SSSR count). The second-order valence-electron chi connectivity index (χ2n) is 6.22. The van der Waals surface area contributed by atoms with Crippen LogP contribution in [0.25, 0.3) is 0 Å². The molecule has 144 valence electrons. The van der Waals surface area contributed by atoms with Crippen LogP contribution in [-0.2, 0) is 9.59 Å². The van der Waals surface area contributed by atoms with Crippen LogP contribution in [-0.4, -0.2) is 32.0 Å². The topological polar surface area (TPSA) is 70.7 Å². The fourth-order valence-electron chi connectivity index (χ4n) is 2.40. The third-order valence-electron chi connectivity index (χ3n) is 4.09. The Morgan fingerprint density at radius 1 is 1.07 bits per heavy atom. The highest BCUT2D eigenvalue weighted by Crippen LogP contribution is 2.24. The largest absolute Gasteiger partial charge is 0.491 e. The van der Waals surface area contributed by atoms with E-state index in [1.807, 2.05) is 24.3 Å². The minimum atomic E-state index is -0.161. The minimum absolute atomic E-state index is 0.0455. The number of benzene rings is 2. The molecule has 0 aliphatic heterocycles. The zero-order valence-corrected chi connectivity index (χ0v) is 16.1. The first-order chi connectivity index (χ1) is 13.0. The summed E-state index contributed by atoms with van der Waals surface area (Å²) >= 11 is 0. The molecule has 0 atom stereocenters. The molecule has 2 aromatic rings. The van der Waals surface area contributed by atoms with Crippen LogP contribution in [0.5, 0.6) is 5.75 Å². The lowest BCUT2D eigenvalue weighted by Gasteiger charge is -2.16. The Balaban J connectivity index is 1.88. The Morgan fingerprint density at radius 2 is 1.78 bits per heavy atom. The van der Waals surface area contributed by atoms with Gasteiger partial charge in [0.2, 0.25) is 11.8 Å². The maximum atomic E-state index is 12.2. The normalized spacial score (nSPS) is 10.2. The Bertz CT molecular complexity index is 760. The highest BCUT2D eigenvalue weighted by molar-refractivity contribution is 5.95. The monoisotopic (exact) mass is 369 g/mol. The first-order valence-corrected chi connectivity index (χ1v) is 9.11. The molecule has 2 amide bonds. The number of carbonyl (C=O) groups is 2. The molecular formula is C21H27N3O3. The molecule has 6 heteroatoms. The second-order valence-corrected chi connectivity index (χ2v) is 6.22. The highest BCUT2D eigenvalue weighted by atomic mass is 16.5. The Hall–Kier alpha value is -3.02. The van der Waals surface area contributed by atoms with Crippen molar-refractivity contribution in [1.82, 2.24) is 0 Å². The van der Waals surface area contributed by atoms with Crippen LogP contribution in [0.2, 0.25) is 0 Å². The number of ether oxygens (including phenoxy) is 1. The van der Waals surface area contributed by atoms with E-state index < -0.39 is 0 Å². The van der Waals surface area contributed by atoms with Gasteiger partial charge in [-0.1, -0.05) is 25.5 Å². The number of amides is 2. The van der Waals surface area contributed by atoms with E-state index in [2.05, 4.69) is 17.6 Å². The summed E-state index contributed by atoms with van der Waals surface area (Å²) in [6.45, 7) is 4.40. The van der Waals surface area contributed by atoms with Crippen LogP contribution >= 0.6 is 0 Å². The molecule has 0 aromatic heterocycles. The third kappa shape index (κ3) is 6.33. The summed E-state index contributed by atoms with van der Waals surface area (Å²) in [5.41, 5.74) is 2.24. The Kier molecular flexibility index (Phi) is 7.67. The molecule has 0 saturated carbocycles. The van der Waals surface area contributed by atoms with Gasteiger partial charge in [0.05, 0.1) is 18.8 Å². The van der Waals surface area contributed by atoms with Crippen molar-refractivity contribution in [2.45, 2.75) is 26.7 Å². The molecule has 0 aliphatic rings. The quantitative estimate of drug-likeness (QED) is 0.658. The Labute approximate surface area is 160 Å². The number of nitrogens with one attached hydrogen (secondary N) is 2. The van der Waals surface area contributed by atoms with Gasteiger partial charge in [0.25, 0.3) is 0 Å². The van der Waals surface area contributed by atoms with Crippen molar-refractivity contribution in [1.29, 1.82) is 0 Å². The van der Waals surface area contributed by atoms with Gasteiger partial charge < -0.3 is 20.3 Å². The van der Waals surface area contributed by atoms with Crippen molar-refractivity contribution < 1.29 is 14.3 Å². The molecule has 0 radical (unpaired) electrons. The lowest BCUT2D eigenvalue weighted by atomic mass is 10.2. The molecular weight excluding hydrogens is 342 g/mol. The van der Waals surface area contributed by atoms with Crippen molar-refractivity contribution in [2.75, 3.05) is 35.7 Å². The first-order valence-electron chi connectivity index (χ1n) is 9.11. The van der Waals surface area contributed by atoms with E-state index in [9.17, 15) is 9.59 Å². The summed E-state index contributed by atoms with van der Waals surface area (Å²) in [7, 11) is 1.71. The molecule has 0 bridgehead atoms. The molecule has 2 aromatic carbocycles. The van der Waals surface area contributed by atoms with Crippen LogP contribution < -0.4 is 20.3 Å². The van der Waals surface area contributed by atoms with Gasteiger partial charge in [-0.05, 0) is 42.8 Å². The summed E-state index contributed by atoms with van der Waals surface area (Å²) in [4.78, 5) is 25.1. The predicted octanol–water partition coefficient (Wildman–Crippen LogP) is 3.90. The second kappa shape index (κ2) is 10.2. The fourth-order valence-corrected chi connectivity index (χ4v) is 2.40. The lowest BCUT2D eigenvalue weighted by molar-refractivity contribution is -0.116. The molecule has 0 aliphatic carbocycles. The van der Waals surface area contributed by atoms with Crippen molar-refractivity contribution in [3.63, 3.8) is 0 Å². The van der Waals surface area contributed by atoms with E-state index in [1.165, 1.54) is 6.92 Å². The number of para-hydroxylation sites is 2. The average Bonchev–Trinajstić information content (AvgIpc) is 2.67. The number of carbonyl (C=O) groups excluding carboxylic acids is 2. The number of rotatable bonds is 9. The summed E-state index contributed by atoms with van der Waals surface area (Å²) in [5, 5.41) is 5.95. The Morgan fingerprint density at radius 3 is 2.44 bits per heavy atom. The van der Waals surface area contributed by atoms with Gasteiger partial charge in [-0.3, -0.25) is 9.59 Å². The van der Waals surface area contributed by atoms with Crippen LogP contribution in [0.3, 0.4) is 0 Å². The number of nitrogens with zero attached hydrogens (tertiary/aromatic N) is 1. The van der Waals surface area contributed by atoms with Crippen molar-refractivity contribution >= 4 is 28.9 Å². The first kappa shape index (κ1) is 20.3. The molecule has 0 saturated heterocycles. The minimum Gasteiger partial charge on any atom is -0.491 e. The fraction of sp³-hybridized carbons (Fsp3) is 0.333. The van der Waals surface area contributed by atoms with Gasteiger partial charge in [0, 0.05) is 25.3 Å². The van der Waals surface area contributed by atoms with Gasteiger partial charge in [0.15, 0.2) is 0 Å². The maximum absolute atomic E-state index is 12.2. The summed E-state index contributed by atoms with van der Waals surface area (Å²) in [6.07, 6.45) is 2.06. The number of hydrogen-bond acceptors (Lipinski definition) is 4. The zero-order chi connectivity index (χ0) is 19.6. The third-order valence-corrected chi connectivity index (χ3v) is 4.09. The van der Waals surface area contributed by atoms with Crippen LogP contribution in [0.1, 0.15) is 26.7 Å². The summed E-state index contributed by atoms with van der Waals surface area (Å²) in [6, 6.07) is 14.7. The molecule has 27 heavy (non-hydrogen) atoms. The number of unbranched alkanes of at least 4 members (excludes halogenated alkanes) is 1. The summed E-state index contributed by atoms with van der Waals surface area (Å²) < 4.78 is 5.76. The number of hydrogen-bond donors (Lipinski definition) is 2. The van der Waals surface area contributed by atoms with E-state index in [4.69, 9.17) is 4.74 Å². The van der Waals surface area contributed by atoms with Crippen LogP contribution in [0.15, 0.2) is 48.5 Å². The van der Waals surface area contributed by atoms with Gasteiger partial charge in [-0.25, -0.2) is 0 Å². The summed E-state index contributed by atoms with van der Waals surface area (Å²) in [5.74, 6) is 0.539. The lowest BCUT2D eigenvalue weighted by Crippen LogP contribution is -2.23. The van der Waals surface area contributed by atoms with Gasteiger partial charge in [-0.2, -0.15) is 0 Å². The highest BCUT2D eigenvalue weighted by Gasteiger charge is 2.08. The van der Waals surface area contributed by atoms with E-state index >= 15 is 0 Å². The predicted molar refractivity (Wildman–Crippen MR) is 109 cm³/mol. The molecule has 0 fully saturated rings. The van der Waals surface area contributed by atoms with E-state index in [1.54, 1.807) is 36.2 Å². The zero-order valence-electron chi connectivity index (χ0n) is 16.1. The number of anilines is 3. The standard InChI is InChI=1S/C21H27N3O3/c1-4-5-14-27-20-9-7-6-8-19(20)22-15-21(26)23-17-10-12-18(13-11-17)24(3)16(2)25/h6-13,22H,4-5,14-15H2,1-3H3,(H,23,26). The van der Waals surface area contributed by atoms with E-state index in [0.29, 0.717) is 12.3 Å². The van der Waals surface area contributed by atoms with Crippen molar-refractivity contribution in [3.8, 4) is 5.75 Å². The van der Waals surface area contributed by atoms with Crippen LogP contribution in [0.4, 0.5) is 17.1 Å². The van der Waals surface area contributed by atoms with Crippen molar-refractivity contribution in [3.05, 3.63) is 48.5 Å². The molecule has 0 unspecified atom stereocenters. The molecule has 6 nitrogen and oxygen atoms in total. The molecule has 0 heterocycles. The van der Waals surface area contributed by atoms with Gasteiger partial charge >= 0.3 is 0 Å². The van der Waals surface area contributed by atoms with Crippen LogP contribution in [0, 0.1) is 0 Å². The van der Waals surface area contributed by atoms with Crippen molar-refractivity contribution in [2.24, 2.45) is 0 Å². The SMILES string of the molecule is CCCCOc1ccccc1NCC(=O)Nc1ccc(N(C)C(C)=O)cc1. The maximum Gasteiger partial charge on any atom is 0.243 e. The van der Waals surface area contributed by atoms with Gasteiger partial charge in [-0.15, -0.1) is 0 Å². The smallest absolute Gasteiger partial charge is 0.243 e. The molecule has 0 spiro atoms.